The van der Waals surface area contributed by atoms with Gasteiger partial charge < -0.3 is 15.4 Å². The fourth-order valence-electron chi connectivity index (χ4n) is 4.77. The number of rotatable bonds is 9. The molecule has 3 aromatic heterocycles. The summed E-state index contributed by atoms with van der Waals surface area (Å²) >= 11 is 0. The highest BCUT2D eigenvalue weighted by atomic mass is 16.5. The summed E-state index contributed by atoms with van der Waals surface area (Å²) in [6.45, 7) is 0.719. The number of hydrogen-bond acceptors (Lipinski definition) is 8. The van der Waals surface area contributed by atoms with Crippen molar-refractivity contribution in [1.82, 2.24) is 29.0 Å². The number of imidazole rings is 1. The molecule has 1 aliphatic rings. The number of carbonyl (C=O) groups excluding carboxylic acids is 1. The molecule has 11 nitrogen and oxygen atoms in total. The fraction of sp³-hybridized carbons (Fsp3) is 0.194. The summed E-state index contributed by atoms with van der Waals surface area (Å²) in [7, 11) is 3.77. The summed E-state index contributed by atoms with van der Waals surface area (Å²) in [6.07, 6.45) is 8.86. The first kappa shape index (κ1) is 26.9. The molecule has 6 rings (SSSR count). The number of nitrogens with zero attached hydrogens (tertiary/aromatic N) is 7. The second-order valence-corrected chi connectivity index (χ2v) is 10.1. The van der Waals surface area contributed by atoms with E-state index >= 15 is 0 Å². The normalized spacial score (nSPS) is 13.2. The summed E-state index contributed by atoms with van der Waals surface area (Å²) < 4.78 is 8.73. The molecule has 1 fully saturated rings. The smallest absolute Gasteiger partial charge is 0.339 e. The van der Waals surface area contributed by atoms with E-state index in [-0.39, 0.29) is 17.4 Å². The Kier molecular flexibility index (Phi) is 7.24. The topological polar surface area (TPSA) is 124 Å². The number of ether oxygens (including phenoxy) is 1. The highest BCUT2D eigenvalue weighted by Gasteiger charge is 2.25. The Labute approximate surface area is 242 Å². The molecule has 0 spiro atoms. The second kappa shape index (κ2) is 11.3. The van der Waals surface area contributed by atoms with Crippen LogP contribution in [-0.2, 0) is 4.79 Å². The molecule has 5 aromatic rings. The molecule has 11 heteroatoms. The van der Waals surface area contributed by atoms with Gasteiger partial charge in [-0.1, -0.05) is 18.2 Å². The van der Waals surface area contributed by atoms with Gasteiger partial charge in [0.2, 0.25) is 11.8 Å². The molecular weight excluding hydrogens is 532 g/mol. The van der Waals surface area contributed by atoms with E-state index in [2.05, 4.69) is 26.9 Å². The maximum Gasteiger partial charge on any atom is 0.339 e. The summed E-state index contributed by atoms with van der Waals surface area (Å²) in [5.41, 5.74) is 8.33. The zero-order chi connectivity index (χ0) is 29.2. The van der Waals surface area contributed by atoms with Gasteiger partial charge in [-0.15, -0.1) is 0 Å². The quantitative estimate of drug-likeness (QED) is 0.268. The van der Waals surface area contributed by atoms with Gasteiger partial charge in [0.15, 0.2) is 11.5 Å². The van der Waals surface area contributed by atoms with E-state index in [1.807, 2.05) is 24.3 Å². The summed E-state index contributed by atoms with van der Waals surface area (Å²) in [5, 5.41) is 0. The molecular formula is C31H30N8O3. The molecule has 0 aliphatic heterocycles. The standard InChI is InChI=1S/C31H30N8O3/c1-36(21-11-12-21)18-6-10-27(40)37(2)23-7-5-8-24(19-23)39-30-28(29(32)34-20-35-30)38(31(39)41)22-13-15-25(16-14-22)42-26-9-3-4-17-33-26/h3-10,13-17,19-21H,11-12,18H2,1-2H3,(H2,32,34,35). The number of nitrogen functional groups attached to an aromatic ring is 1. The third-order valence-corrected chi connectivity index (χ3v) is 7.23. The van der Waals surface area contributed by atoms with Crippen molar-refractivity contribution >= 4 is 28.6 Å². The van der Waals surface area contributed by atoms with Crippen molar-refractivity contribution in [3.05, 3.63) is 102 Å². The van der Waals surface area contributed by atoms with E-state index in [0.717, 1.165) is 6.54 Å². The van der Waals surface area contributed by atoms with Crippen LogP contribution in [0.25, 0.3) is 22.5 Å². The van der Waals surface area contributed by atoms with Crippen molar-refractivity contribution in [3.63, 3.8) is 0 Å². The molecule has 0 atom stereocenters. The minimum Gasteiger partial charge on any atom is -0.439 e. The van der Waals surface area contributed by atoms with E-state index in [0.29, 0.717) is 45.9 Å². The van der Waals surface area contributed by atoms with Crippen molar-refractivity contribution in [3.8, 4) is 23.0 Å². The summed E-state index contributed by atoms with van der Waals surface area (Å²) in [6, 6.07) is 20.2. The first-order chi connectivity index (χ1) is 20.4. The molecule has 2 aromatic carbocycles. The number of nitrogens with two attached hydrogens (primary N) is 1. The first-order valence-corrected chi connectivity index (χ1v) is 13.6. The second-order valence-electron chi connectivity index (χ2n) is 10.1. The van der Waals surface area contributed by atoms with Crippen LogP contribution in [0.3, 0.4) is 0 Å². The van der Waals surface area contributed by atoms with Crippen LogP contribution in [0.1, 0.15) is 12.8 Å². The van der Waals surface area contributed by atoms with Crippen LogP contribution in [0.15, 0.2) is 96.2 Å². The predicted molar refractivity (Wildman–Crippen MR) is 161 cm³/mol. The molecule has 0 unspecified atom stereocenters. The van der Waals surface area contributed by atoms with Crippen LogP contribution in [0.5, 0.6) is 11.6 Å². The lowest BCUT2D eigenvalue weighted by atomic mass is 10.2. The number of carbonyl (C=O) groups is 1. The Morgan fingerprint density at radius 1 is 1.00 bits per heavy atom. The SMILES string of the molecule is CN(C(=O)C=CCN(C)C1CC1)c1cccc(-n2c(=O)n(-c3ccc(Oc4ccccn4)cc3)c3c(N)ncnc32)c1. The Morgan fingerprint density at radius 3 is 2.55 bits per heavy atom. The minimum absolute atomic E-state index is 0.161. The molecule has 212 valence electrons. The largest absolute Gasteiger partial charge is 0.439 e. The Hall–Kier alpha value is -5.29. The monoisotopic (exact) mass is 562 g/mol. The molecule has 1 aliphatic carbocycles. The molecule has 0 radical (unpaired) electrons. The zero-order valence-corrected chi connectivity index (χ0v) is 23.3. The Morgan fingerprint density at radius 2 is 1.81 bits per heavy atom. The summed E-state index contributed by atoms with van der Waals surface area (Å²) in [5.74, 6) is 1.02. The van der Waals surface area contributed by atoms with Gasteiger partial charge >= 0.3 is 5.69 Å². The number of pyridine rings is 1. The molecule has 1 saturated carbocycles. The van der Waals surface area contributed by atoms with E-state index in [4.69, 9.17) is 10.5 Å². The maximum absolute atomic E-state index is 14.0. The maximum atomic E-state index is 14.0. The third-order valence-electron chi connectivity index (χ3n) is 7.23. The number of anilines is 2. The molecule has 3 heterocycles. The van der Waals surface area contributed by atoms with Crippen molar-refractivity contribution in [2.75, 3.05) is 31.3 Å². The number of aromatic nitrogens is 5. The van der Waals surface area contributed by atoms with Crippen LogP contribution in [0.4, 0.5) is 11.5 Å². The van der Waals surface area contributed by atoms with Gasteiger partial charge in [-0.05, 0) is 68.4 Å². The highest BCUT2D eigenvalue weighted by molar-refractivity contribution is 6.01. The lowest BCUT2D eigenvalue weighted by Crippen LogP contribution is -2.26. The number of fused-ring (bicyclic) bond motifs is 1. The lowest BCUT2D eigenvalue weighted by Gasteiger charge is -2.17. The van der Waals surface area contributed by atoms with Gasteiger partial charge in [0.1, 0.15) is 17.6 Å². The first-order valence-electron chi connectivity index (χ1n) is 13.6. The van der Waals surface area contributed by atoms with Crippen LogP contribution >= 0.6 is 0 Å². The fourth-order valence-corrected chi connectivity index (χ4v) is 4.77. The van der Waals surface area contributed by atoms with Crippen molar-refractivity contribution in [2.24, 2.45) is 0 Å². The Balaban J connectivity index is 1.33. The lowest BCUT2D eigenvalue weighted by molar-refractivity contribution is -0.113. The van der Waals surface area contributed by atoms with Gasteiger partial charge in [0.25, 0.3) is 0 Å². The number of benzene rings is 2. The number of likely N-dealkylation sites (N-methyl/N-ethyl adjacent to an activating group) is 2. The van der Waals surface area contributed by atoms with Gasteiger partial charge in [-0.3, -0.25) is 14.3 Å². The predicted octanol–water partition coefficient (Wildman–Crippen LogP) is 3.95. The minimum atomic E-state index is -0.385. The zero-order valence-electron chi connectivity index (χ0n) is 23.3. The molecule has 1 amide bonds. The van der Waals surface area contributed by atoms with Crippen molar-refractivity contribution in [2.45, 2.75) is 18.9 Å². The van der Waals surface area contributed by atoms with Crippen molar-refractivity contribution in [1.29, 1.82) is 0 Å². The summed E-state index contributed by atoms with van der Waals surface area (Å²) in [4.78, 5) is 43.4. The van der Waals surface area contributed by atoms with Crippen molar-refractivity contribution < 1.29 is 9.53 Å². The van der Waals surface area contributed by atoms with E-state index in [1.54, 1.807) is 72.8 Å². The molecule has 0 bridgehead atoms. The van der Waals surface area contributed by atoms with Gasteiger partial charge in [0, 0.05) is 43.7 Å². The van der Waals surface area contributed by atoms with E-state index in [9.17, 15) is 9.59 Å². The van der Waals surface area contributed by atoms with Crippen LogP contribution < -0.4 is 21.1 Å². The Bertz CT molecular complexity index is 1830. The van der Waals surface area contributed by atoms with Gasteiger partial charge in [-0.25, -0.2) is 24.3 Å². The van der Waals surface area contributed by atoms with Gasteiger partial charge in [-0.2, -0.15) is 0 Å². The third kappa shape index (κ3) is 5.37. The number of amides is 1. The average Bonchev–Trinajstić information content (AvgIpc) is 3.81. The number of hydrogen-bond donors (Lipinski definition) is 1. The van der Waals surface area contributed by atoms with Crippen LogP contribution in [0.2, 0.25) is 0 Å². The van der Waals surface area contributed by atoms with E-state index in [1.165, 1.54) is 28.3 Å². The molecule has 0 saturated heterocycles. The van der Waals surface area contributed by atoms with Gasteiger partial charge in [0.05, 0.1) is 11.4 Å². The van der Waals surface area contributed by atoms with Crippen LogP contribution in [0, 0.1) is 0 Å². The molecule has 2 N–H and O–H groups in total. The average molecular weight is 563 g/mol. The van der Waals surface area contributed by atoms with E-state index < -0.39 is 0 Å². The molecule has 42 heavy (non-hydrogen) atoms. The highest BCUT2D eigenvalue weighted by Crippen LogP contribution is 2.27. The van der Waals surface area contributed by atoms with Crippen LogP contribution in [-0.4, -0.2) is 61.6 Å².